The van der Waals surface area contributed by atoms with Gasteiger partial charge in [0.25, 0.3) is 0 Å². The Labute approximate surface area is 199 Å². The fraction of sp³-hybridized carbons (Fsp3) is 0.679. The summed E-state index contributed by atoms with van der Waals surface area (Å²) < 4.78 is 0. The molecular weight excluding hydrogens is 410 g/mol. The maximum Gasteiger partial charge on any atom is 0.243 e. The molecule has 1 N–H and O–H groups in total. The molecule has 1 aromatic carbocycles. The van der Waals surface area contributed by atoms with Crippen LogP contribution in [0.15, 0.2) is 30.3 Å². The van der Waals surface area contributed by atoms with Crippen molar-refractivity contribution in [1.82, 2.24) is 10.2 Å². The van der Waals surface area contributed by atoms with Gasteiger partial charge in [0.05, 0.1) is 11.5 Å². The van der Waals surface area contributed by atoms with Crippen LogP contribution in [0.1, 0.15) is 90.5 Å². The Bertz CT molecular complexity index is 823. The molecule has 1 aliphatic carbocycles. The number of likely N-dealkylation sites (tertiary alicyclic amines) is 1. The number of carbonyl (C=O) groups is 2. The number of hydrogen-bond acceptors (Lipinski definition) is 3. The van der Waals surface area contributed by atoms with Crippen molar-refractivity contribution in [2.45, 2.75) is 102 Å². The van der Waals surface area contributed by atoms with Gasteiger partial charge in [-0.2, -0.15) is 5.26 Å². The number of unbranched alkanes of at least 4 members (excludes halogenated alkanes) is 1. The van der Waals surface area contributed by atoms with E-state index in [2.05, 4.69) is 32.2 Å². The Balaban J connectivity index is 1.50. The SMILES string of the molecule is CC1CCC(NC(=O)[C@H]2CCCN2C(=O)CCCCC(C#N)(c2ccccc2)C(C)C)CC1. The standard InChI is InChI=1S/C28H41N3O2/c1-21(2)28(20-29,23-10-5-4-6-11-23)18-8-7-13-26(32)31-19-9-12-25(31)27(33)30-24-16-14-22(3)15-17-24/h4-6,10-11,21-22,24-25H,7-9,12-19H2,1-3H3,(H,30,33)/t22?,24?,25-,28?/m1/s1. The summed E-state index contributed by atoms with van der Waals surface area (Å²) >= 11 is 0. The molecule has 1 aliphatic heterocycles. The zero-order chi connectivity index (χ0) is 23.8. The molecule has 5 heteroatoms. The molecule has 180 valence electrons. The van der Waals surface area contributed by atoms with Gasteiger partial charge in [0.1, 0.15) is 6.04 Å². The number of hydrogen-bond donors (Lipinski definition) is 1. The normalized spacial score (nSPS) is 24.8. The summed E-state index contributed by atoms with van der Waals surface area (Å²) in [5.74, 6) is 1.06. The number of nitriles is 1. The van der Waals surface area contributed by atoms with Crippen LogP contribution >= 0.6 is 0 Å². The topological polar surface area (TPSA) is 73.2 Å². The minimum absolute atomic E-state index is 0.0350. The smallest absolute Gasteiger partial charge is 0.243 e. The van der Waals surface area contributed by atoms with Crippen LogP contribution in [0.2, 0.25) is 0 Å². The Kier molecular flexibility index (Phi) is 8.95. The lowest BCUT2D eigenvalue weighted by molar-refractivity contribution is -0.139. The maximum atomic E-state index is 13.0. The highest BCUT2D eigenvalue weighted by Gasteiger charge is 2.37. The minimum atomic E-state index is -0.530. The van der Waals surface area contributed by atoms with E-state index < -0.39 is 5.41 Å². The first-order chi connectivity index (χ1) is 15.9. The quantitative estimate of drug-likeness (QED) is 0.514. The molecule has 1 saturated carbocycles. The van der Waals surface area contributed by atoms with Crippen LogP contribution in [0.25, 0.3) is 0 Å². The first-order valence-corrected chi connectivity index (χ1v) is 12.9. The second kappa shape index (κ2) is 11.7. The lowest BCUT2D eigenvalue weighted by Crippen LogP contribution is -2.49. The van der Waals surface area contributed by atoms with E-state index in [9.17, 15) is 14.9 Å². The highest BCUT2D eigenvalue weighted by Crippen LogP contribution is 2.37. The first kappa shape index (κ1) is 25.3. The molecule has 2 atom stereocenters. The van der Waals surface area contributed by atoms with Gasteiger partial charge < -0.3 is 10.2 Å². The second-order valence-electron chi connectivity index (χ2n) is 10.5. The third-order valence-electron chi connectivity index (χ3n) is 7.92. The van der Waals surface area contributed by atoms with Gasteiger partial charge in [-0.1, -0.05) is 57.5 Å². The highest BCUT2D eigenvalue weighted by molar-refractivity contribution is 5.88. The maximum absolute atomic E-state index is 13.0. The molecule has 2 fully saturated rings. The molecule has 3 rings (SSSR count). The van der Waals surface area contributed by atoms with Gasteiger partial charge >= 0.3 is 0 Å². The fourth-order valence-electron chi connectivity index (χ4n) is 5.61. The van der Waals surface area contributed by atoms with Gasteiger partial charge in [-0.3, -0.25) is 9.59 Å². The monoisotopic (exact) mass is 451 g/mol. The third kappa shape index (κ3) is 6.16. The van der Waals surface area contributed by atoms with Crippen molar-refractivity contribution in [3.05, 3.63) is 35.9 Å². The number of nitrogens with zero attached hydrogens (tertiary/aromatic N) is 2. The molecule has 2 aliphatic rings. The number of benzene rings is 1. The molecule has 0 spiro atoms. The molecule has 1 heterocycles. The van der Waals surface area contributed by atoms with Crippen LogP contribution in [0, 0.1) is 23.2 Å². The highest BCUT2D eigenvalue weighted by atomic mass is 16.2. The largest absolute Gasteiger partial charge is 0.352 e. The Morgan fingerprint density at radius 1 is 1.12 bits per heavy atom. The Morgan fingerprint density at radius 3 is 2.45 bits per heavy atom. The van der Waals surface area contributed by atoms with E-state index in [0.717, 1.165) is 56.4 Å². The van der Waals surface area contributed by atoms with E-state index in [-0.39, 0.29) is 29.8 Å². The van der Waals surface area contributed by atoms with Crippen molar-refractivity contribution in [2.24, 2.45) is 11.8 Å². The number of amides is 2. The van der Waals surface area contributed by atoms with E-state index in [1.54, 1.807) is 4.90 Å². The average molecular weight is 452 g/mol. The number of carbonyl (C=O) groups excluding carboxylic acids is 2. The van der Waals surface area contributed by atoms with Gasteiger partial charge in [0, 0.05) is 19.0 Å². The molecule has 2 amide bonds. The zero-order valence-corrected chi connectivity index (χ0v) is 20.7. The van der Waals surface area contributed by atoms with Crippen molar-refractivity contribution in [1.29, 1.82) is 5.26 Å². The molecule has 1 saturated heterocycles. The van der Waals surface area contributed by atoms with E-state index in [4.69, 9.17) is 0 Å². The molecule has 1 unspecified atom stereocenters. The Morgan fingerprint density at radius 2 is 1.82 bits per heavy atom. The van der Waals surface area contributed by atoms with E-state index in [0.29, 0.717) is 13.0 Å². The molecule has 0 aromatic heterocycles. The van der Waals surface area contributed by atoms with Crippen LogP contribution in [0.3, 0.4) is 0 Å². The summed E-state index contributed by atoms with van der Waals surface area (Å²) in [7, 11) is 0. The molecule has 0 radical (unpaired) electrons. The van der Waals surface area contributed by atoms with E-state index in [1.165, 1.54) is 12.8 Å². The lowest BCUT2D eigenvalue weighted by Gasteiger charge is -2.32. The average Bonchev–Trinajstić information content (AvgIpc) is 3.31. The Hall–Kier alpha value is -2.35. The van der Waals surface area contributed by atoms with Gasteiger partial charge in [-0.15, -0.1) is 0 Å². The van der Waals surface area contributed by atoms with Crippen molar-refractivity contribution >= 4 is 11.8 Å². The number of rotatable bonds is 9. The summed E-state index contributed by atoms with van der Waals surface area (Å²) in [6, 6.07) is 12.6. The fourth-order valence-corrected chi connectivity index (χ4v) is 5.61. The summed E-state index contributed by atoms with van der Waals surface area (Å²) in [5, 5.41) is 13.3. The summed E-state index contributed by atoms with van der Waals surface area (Å²) in [6.45, 7) is 7.15. The zero-order valence-electron chi connectivity index (χ0n) is 20.7. The van der Waals surface area contributed by atoms with Crippen LogP contribution in [0.5, 0.6) is 0 Å². The number of nitrogens with one attached hydrogen (secondary N) is 1. The molecule has 33 heavy (non-hydrogen) atoms. The summed E-state index contributed by atoms with van der Waals surface area (Å²) in [5.41, 5.74) is 0.528. The lowest BCUT2D eigenvalue weighted by atomic mass is 9.69. The van der Waals surface area contributed by atoms with Crippen molar-refractivity contribution < 1.29 is 9.59 Å². The van der Waals surface area contributed by atoms with Crippen LogP contribution in [-0.2, 0) is 15.0 Å². The first-order valence-electron chi connectivity index (χ1n) is 12.9. The third-order valence-corrected chi connectivity index (χ3v) is 7.92. The molecule has 0 bridgehead atoms. The summed E-state index contributed by atoms with van der Waals surface area (Å²) in [4.78, 5) is 27.7. The van der Waals surface area contributed by atoms with Gasteiger partial charge in [0.15, 0.2) is 0 Å². The van der Waals surface area contributed by atoms with Gasteiger partial charge in [-0.25, -0.2) is 0 Å². The minimum Gasteiger partial charge on any atom is -0.352 e. The summed E-state index contributed by atoms with van der Waals surface area (Å²) in [6.07, 6.45) is 8.83. The van der Waals surface area contributed by atoms with Gasteiger partial charge in [0.2, 0.25) is 11.8 Å². The predicted octanol–water partition coefficient (Wildman–Crippen LogP) is 5.35. The molecule has 5 nitrogen and oxygen atoms in total. The van der Waals surface area contributed by atoms with Gasteiger partial charge in [-0.05, 0) is 68.8 Å². The van der Waals surface area contributed by atoms with E-state index >= 15 is 0 Å². The predicted molar refractivity (Wildman–Crippen MR) is 131 cm³/mol. The van der Waals surface area contributed by atoms with Crippen molar-refractivity contribution in [3.63, 3.8) is 0 Å². The van der Waals surface area contributed by atoms with Crippen LogP contribution in [-0.4, -0.2) is 35.3 Å². The van der Waals surface area contributed by atoms with Crippen LogP contribution < -0.4 is 5.32 Å². The molecule has 1 aromatic rings. The van der Waals surface area contributed by atoms with Crippen molar-refractivity contribution in [3.8, 4) is 6.07 Å². The van der Waals surface area contributed by atoms with E-state index in [1.807, 2.05) is 30.3 Å². The molecular formula is C28H41N3O2. The second-order valence-corrected chi connectivity index (χ2v) is 10.5. The van der Waals surface area contributed by atoms with Crippen molar-refractivity contribution in [2.75, 3.05) is 6.54 Å². The van der Waals surface area contributed by atoms with Crippen LogP contribution in [0.4, 0.5) is 0 Å².